The number of ether oxygens (including phenoxy) is 1. The molecule has 0 aliphatic carbocycles. The van der Waals surface area contributed by atoms with Gasteiger partial charge in [0, 0.05) is 13.1 Å². The van der Waals surface area contributed by atoms with Crippen LogP contribution in [0.2, 0.25) is 0 Å². The standard InChI is InChI=1S/C14H19N3O2/c1-17-9-12(8-16-17)19-10-14(18)13(15)7-11-5-3-2-4-6-11/h2-6,8-9,13-14,18H,7,10,15H2,1H3. The van der Waals surface area contributed by atoms with Crippen LogP contribution in [0, 0.1) is 0 Å². The van der Waals surface area contributed by atoms with Crippen LogP contribution in [0.4, 0.5) is 0 Å². The average molecular weight is 261 g/mol. The molecule has 102 valence electrons. The predicted octanol–water partition coefficient (Wildman–Crippen LogP) is 0.730. The fourth-order valence-corrected chi connectivity index (χ4v) is 1.80. The Kier molecular flexibility index (Phi) is 4.54. The van der Waals surface area contributed by atoms with Crippen LogP contribution < -0.4 is 10.5 Å². The van der Waals surface area contributed by atoms with Crippen LogP contribution in [0.3, 0.4) is 0 Å². The maximum atomic E-state index is 9.97. The number of aliphatic hydroxyl groups excluding tert-OH is 1. The maximum Gasteiger partial charge on any atom is 0.157 e. The third-order valence-electron chi connectivity index (χ3n) is 2.91. The monoisotopic (exact) mass is 261 g/mol. The molecule has 0 bridgehead atoms. The summed E-state index contributed by atoms with van der Waals surface area (Å²) in [6.07, 6.45) is 3.27. The van der Waals surface area contributed by atoms with Gasteiger partial charge >= 0.3 is 0 Å². The number of nitrogens with two attached hydrogens (primary N) is 1. The number of aliphatic hydroxyl groups is 1. The molecular formula is C14H19N3O2. The van der Waals surface area contributed by atoms with Gasteiger partial charge in [-0.2, -0.15) is 5.10 Å². The number of nitrogens with zero attached hydrogens (tertiary/aromatic N) is 2. The van der Waals surface area contributed by atoms with Crippen LogP contribution in [0.25, 0.3) is 0 Å². The third-order valence-corrected chi connectivity index (χ3v) is 2.91. The molecule has 0 radical (unpaired) electrons. The van der Waals surface area contributed by atoms with Crippen LogP contribution >= 0.6 is 0 Å². The number of rotatable bonds is 6. The second-order valence-electron chi connectivity index (χ2n) is 4.58. The summed E-state index contributed by atoms with van der Waals surface area (Å²) in [6.45, 7) is 0.166. The molecule has 0 saturated carbocycles. The Morgan fingerprint density at radius 1 is 1.37 bits per heavy atom. The molecule has 2 atom stereocenters. The minimum atomic E-state index is -0.708. The molecule has 3 N–H and O–H groups in total. The van der Waals surface area contributed by atoms with Crippen molar-refractivity contribution in [3.8, 4) is 5.75 Å². The Labute approximate surface area is 112 Å². The second-order valence-corrected chi connectivity index (χ2v) is 4.58. The molecule has 5 heteroatoms. The van der Waals surface area contributed by atoms with E-state index < -0.39 is 6.10 Å². The molecule has 1 heterocycles. The zero-order valence-electron chi connectivity index (χ0n) is 10.9. The van der Waals surface area contributed by atoms with E-state index in [0.29, 0.717) is 12.2 Å². The predicted molar refractivity (Wildman–Crippen MR) is 72.8 cm³/mol. The van der Waals surface area contributed by atoms with E-state index in [-0.39, 0.29) is 12.6 Å². The van der Waals surface area contributed by atoms with Crippen molar-refractivity contribution in [3.05, 3.63) is 48.3 Å². The van der Waals surface area contributed by atoms with Gasteiger partial charge in [-0.3, -0.25) is 4.68 Å². The first-order valence-corrected chi connectivity index (χ1v) is 6.24. The van der Waals surface area contributed by atoms with E-state index in [9.17, 15) is 5.11 Å². The van der Waals surface area contributed by atoms with E-state index in [1.807, 2.05) is 37.4 Å². The molecule has 0 fully saturated rings. The van der Waals surface area contributed by atoms with Gasteiger partial charge in [0.15, 0.2) is 5.75 Å². The first kappa shape index (κ1) is 13.6. The lowest BCUT2D eigenvalue weighted by Gasteiger charge is -2.18. The topological polar surface area (TPSA) is 73.3 Å². The summed E-state index contributed by atoms with van der Waals surface area (Å²) >= 11 is 0. The summed E-state index contributed by atoms with van der Waals surface area (Å²) in [6, 6.07) is 9.51. The highest BCUT2D eigenvalue weighted by molar-refractivity contribution is 5.16. The number of aryl methyl sites for hydroxylation is 1. The van der Waals surface area contributed by atoms with Crippen LogP contribution in [0.15, 0.2) is 42.7 Å². The van der Waals surface area contributed by atoms with Crippen molar-refractivity contribution in [1.29, 1.82) is 0 Å². The quantitative estimate of drug-likeness (QED) is 0.804. The Bertz CT molecular complexity index is 498. The lowest BCUT2D eigenvalue weighted by Crippen LogP contribution is -2.40. The Balaban J connectivity index is 1.80. The van der Waals surface area contributed by atoms with E-state index >= 15 is 0 Å². The van der Waals surface area contributed by atoms with Gasteiger partial charge in [0.25, 0.3) is 0 Å². The summed E-state index contributed by atoms with van der Waals surface area (Å²) < 4.78 is 7.08. The van der Waals surface area contributed by atoms with Crippen molar-refractivity contribution in [3.63, 3.8) is 0 Å². The average Bonchev–Trinajstić information content (AvgIpc) is 2.83. The van der Waals surface area contributed by atoms with Gasteiger partial charge in [-0.15, -0.1) is 0 Å². The molecule has 0 aliphatic heterocycles. The summed E-state index contributed by atoms with van der Waals surface area (Å²) in [7, 11) is 1.81. The molecule has 5 nitrogen and oxygen atoms in total. The van der Waals surface area contributed by atoms with Crippen LogP contribution in [-0.2, 0) is 13.5 Å². The highest BCUT2D eigenvalue weighted by atomic mass is 16.5. The van der Waals surface area contributed by atoms with Crippen molar-refractivity contribution in [2.45, 2.75) is 18.6 Å². The first-order valence-electron chi connectivity index (χ1n) is 6.24. The first-order chi connectivity index (χ1) is 9.15. The SMILES string of the molecule is Cn1cc(OCC(O)C(N)Cc2ccccc2)cn1. The summed E-state index contributed by atoms with van der Waals surface area (Å²) in [4.78, 5) is 0. The molecule has 2 rings (SSSR count). The molecule has 2 aromatic rings. The number of hydrogen-bond acceptors (Lipinski definition) is 4. The smallest absolute Gasteiger partial charge is 0.157 e. The highest BCUT2D eigenvalue weighted by Crippen LogP contribution is 2.09. The molecule has 1 aromatic heterocycles. The van der Waals surface area contributed by atoms with Crippen molar-refractivity contribution in [2.24, 2.45) is 12.8 Å². The fourth-order valence-electron chi connectivity index (χ4n) is 1.80. The fraction of sp³-hybridized carbons (Fsp3) is 0.357. The lowest BCUT2D eigenvalue weighted by molar-refractivity contribution is 0.0851. The summed E-state index contributed by atoms with van der Waals surface area (Å²) in [5.41, 5.74) is 7.07. The van der Waals surface area contributed by atoms with Crippen molar-refractivity contribution >= 4 is 0 Å². The summed E-state index contributed by atoms with van der Waals surface area (Å²) in [5, 5.41) is 14.0. The number of aromatic nitrogens is 2. The van der Waals surface area contributed by atoms with Gasteiger partial charge < -0.3 is 15.6 Å². The summed E-state index contributed by atoms with van der Waals surface area (Å²) in [5.74, 6) is 0.633. The zero-order valence-corrected chi connectivity index (χ0v) is 10.9. The number of hydrogen-bond donors (Lipinski definition) is 2. The van der Waals surface area contributed by atoms with E-state index in [2.05, 4.69) is 5.10 Å². The molecule has 0 saturated heterocycles. The van der Waals surface area contributed by atoms with Crippen LogP contribution in [0.5, 0.6) is 5.75 Å². The zero-order chi connectivity index (χ0) is 13.7. The van der Waals surface area contributed by atoms with Crippen molar-refractivity contribution < 1.29 is 9.84 Å². The third kappa shape index (κ3) is 4.08. The maximum absolute atomic E-state index is 9.97. The largest absolute Gasteiger partial charge is 0.488 e. The molecule has 2 unspecified atom stereocenters. The lowest BCUT2D eigenvalue weighted by atomic mass is 10.0. The van der Waals surface area contributed by atoms with Crippen molar-refractivity contribution in [2.75, 3.05) is 6.61 Å². The molecule has 1 aromatic carbocycles. The second kappa shape index (κ2) is 6.36. The van der Waals surface area contributed by atoms with Gasteiger partial charge in [0.2, 0.25) is 0 Å². The van der Waals surface area contributed by atoms with E-state index in [4.69, 9.17) is 10.5 Å². The van der Waals surface area contributed by atoms with Crippen molar-refractivity contribution in [1.82, 2.24) is 9.78 Å². The highest BCUT2D eigenvalue weighted by Gasteiger charge is 2.16. The minimum Gasteiger partial charge on any atom is -0.488 e. The molecular weight excluding hydrogens is 242 g/mol. The molecule has 19 heavy (non-hydrogen) atoms. The van der Waals surface area contributed by atoms with Gasteiger partial charge in [-0.05, 0) is 12.0 Å². The van der Waals surface area contributed by atoms with Gasteiger partial charge in [-0.25, -0.2) is 0 Å². The Morgan fingerprint density at radius 2 is 2.11 bits per heavy atom. The van der Waals surface area contributed by atoms with E-state index in [0.717, 1.165) is 5.56 Å². The van der Waals surface area contributed by atoms with E-state index in [1.54, 1.807) is 17.1 Å². The minimum absolute atomic E-state index is 0.166. The molecule has 0 aliphatic rings. The van der Waals surface area contributed by atoms with Crippen LogP contribution in [-0.4, -0.2) is 33.6 Å². The van der Waals surface area contributed by atoms with Gasteiger partial charge in [0.1, 0.15) is 12.7 Å². The van der Waals surface area contributed by atoms with E-state index in [1.165, 1.54) is 0 Å². The van der Waals surface area contributed by atoms with Gasteiger partial charge in [0.05, 0.1) is 12.4 Å². The molecule has 0 spiro atoms. The number of benzene rings is 1. The van der Waals surface area contributed by atoms with Crippen LogP contribution in [0.1, 0.15) is 5.56 Å². The molecule has 0 amide bonds. The Morgan fingerprint density at radius 3 is 2.74 bits per heavy atom. The normalized spacial score (nSPS) is 14.1. The van der Waals surface area contributed by atoms with Gasteiger partial charge in [-0.1, -0.05) is 30.3 Å². The Hall–Kier alpha value is -1.85.